The van der Waals surface area contributed by atoms with Gasteiger partial charge in [-0.15, -0.1) is 0 Å². The van der Waals surface area contributed by atoms with Crippen molar-refractivity contribution in [2.24, 2.45) is 5.92 Å². The van der Waals surface area contributed by atoms with Gasteiger partial charge >= 0.3 is 5.97 Å². The summed E-state index contributed by atoms with van der Waals surface area (Å²) in [6.07, 6.45) is 0. The van der Waals surface area contributed by atoms with E-state index in [1.165, 1.54) is 0 Å². The molecule has 1 aromatic carbocycles. The van der Waals surface area contributed by atoms with Crippen LogP contribution >= 0.6 is 0 Å². The summed E-state index contributed by atoms with van der Waals surface area (Å²) >= 11 is 0. The number of rotatable bonds is 3. The molecule has 2 fully saturated rings. The summed E-state index contributed by atoms with van der Waals surface area (Å²) in [4.78, 5) is 30.6. The number of fused-ring (bicyclic) bond motifs is 1. The van der Waals surface area contributed by atoms with E-state index in [2.05, 4.69) is 15.9 Å². The van der Waals surface area contributed by atoms with Crippen LogP contribution in [0.15, 0.2) is 24.3 Å². The van der Waals surface area contributed by atoms with Gasteiger partial charge in [-0.05, 0) is 24.7 Å². The summed E-state index contributed by atoms with van der Waals surface area (Å²) in [6.45, 7) is 6.51. The molecular formula is C19H24N4O3. The maximum atomic E-state index is 12.8. The van der Waals surface area contributed by atoms with E-state index in [4.69, 9.17) is 5.26 Å². The summed E-state index contributed by atoms with van der Waals surface area (Å²) in [6, 6.07) is 8.98. The van der Waals surface area contributed by atoms with Crippen LogP contribution in [0.25, 0.3) is 0 Å². The fourth-order valence-electron chi connectivity index (χ4n) is 3.83. The van der Waals surface area contributed by atoms with Crippen molar-refractivity contribution >= 4 is 11.9 Å². The number of carboxylic acids is 1. The van der Waals surface area contributed by atoms with Crippen LogP contribution in [0.4, 0.5) is 0 Å². The predicted molar refractivity (Wildman–Crippen MR) is 95.7 cm³/mol. The molecule has 0 aromatic heterocycles. The van der Waals surface area contributed by atoms with Gasteiger partial charge in [0.25, 0.3) is 5.91 Å². The molecule has 0 radical (unpaired) electrons. The second kappa shape index (κ2) is 7.85. The van der Waals surface area contributed by atoms with Crippen molar-refractivity contribution in [1.29, 1.82) is 5.26 Å². The van der Waals surface area contributed by atoms with Gasteiger partial charge < -0.3 is 14.9 Å². The number of likely N-dealkylation sites (N-methyl/N-ethyl adjacent to an activating group) is 1. The monoisotopic (exact) mass is 356 g/mol. The van der Waals surface area contributed by atoms with Crippen molar-refractivity contribution in [1.82, 2.24) is 14.7 Å². The van der Waals surface area contributed by atoms with Crippen LogP contribution in [-0.4, -0.2) is 83.5 Å². The first-order chi connectivity index (χ1) is 12.5. The molecule has 2 aliphatic heterocycles. The minimum absolute atomic E-state index is 0.0659. The maximum absolute atomic E-state index is 12.8. The zero-order valence-electron chi connectivity index (χ0n) is 15.0. The van der Waals surface area contributed by atoms with Crippen LogP contribution in [-0.2, 0) is 4.79 Å². The largest absolute Gasteiger partial charge is 0.481 e. The normalized spacial score (nSPS) is 24.4. The molecule has 2 heterocycles. The highest BCUT2D eigenvalue weighted by molar-refractivity contribution is 5.94. The number of piperazine rings is 1. The third-order valence-electron chi connectivity index (χ3n) is 5.33. The van der Waals surface area contributed by atoms with Crippen molar-refractivity contribution in [2.75, 3.05) is 45.8 Å². The Kier molecular flexibility index (Phi) is 5.55. The smallest absolute Gasteiger partial charge is 0.309 e. The number of hydrogen-bond donors (Lipinski definition) is 1. The molecule has 0 aliphatic carbocycles. The molecule has 0 bridgehead atoms. The molecule has 2 atom stereocenters. The van der Waals surface area contributed by atoms with E-state index in [-0.39, 0.29) is 11.9 Å². The summed E-state index contributed by atoms with van der Waals surface area (Å²) in [5, 5.41) is 18.5. The number of amides is 1. The van der Waals surface area contributed by atoms with Crippen molar-refractivity contribution in [2.45, 2.75) is 13.0 Å². The van der Waals surface area contributed by atoms with Crippen LogP contribution in [0.3, 0.4) is 0 Å². The Bertz CT molecular complexity index is 730. The first-order valence-electron chi connectivity index (χ1n) is 9.00. The van der Waals surface area contributed by atoms with E-state index in [0.717, 1.165) is 13.1 Å². The van der Waals surface area contributed by atoms with E-state index in [1.54, 1.807) is 24.3 Å². The van der Waals surface area contributed by atoms with Gasteiger partial charge in [0.1, 0.15) is 0 Å². The predicted octanol–water partition coefficient (Wildman–Crippen LogP) is 0.721. The van der Waals surface area contributed by atoms with E-state index in [9.17, 15) is 14.7 Å². The average molecular weight is 356 g/mol. The van der Waals surface area contributed by atoms with Gasteiger partial charge in [0, 0.05) is 50.9 Å². The molecule has 1 amide bonds. The Morgan fingerprint density at radius 2 is 2.04 bits per heavy atom. The first kappa shape index (κ1) is 18.4. The molecule has 0 saturated carbocycles. The third-order valence-corrected chi connectivity index (χ3v) is 5.33. The molecule has 2 unspecified atom stereocenters. The summed E-state index contributed by atoms with van der Waals surface area (Å²) in [5.74, 6) is -1.21. The lowest BCUT2D eigenvalue weighted by atomic mass is 10.1. The Morgan fingerprint density at radius 1 is 1.23 bits per heavy atom. The summed E-state index contributed by atoms with van der Waals surface area (Å²) in [5.41, 5.74) is 1.01. The van der Waals surface area contributed by atoms with Crippen molar-refractivity contribution in [3.05, 3.63) is 35.4 Å². The highest BCUT2D eigenvalue weighted by atomic mass is 16.4. The number of nitriles is 1. The number of carbonyl (C=O) groups is 2. The third kappa shape index (κ3) is 3.87. The Labute approximate surface area is 153 Å². The topological polar surface area (TPSA) is 87.9 Å². The second-order valence-electron chi connectivity index (χ2n) is 6.98. The van der Waals surface area contributed by atoms with Crippen molar-refractivity contribution < 1.29 is 14.7 Å². The minimum Gasteiger partial charge on any atom is -0.481 e. The quantitative estimate of drug-likeness (QED) is 0.859. The SMILES string of the molecule is CCN1CC(C(=O)O)CN2CCN(C(=O)c3cccc(C#N)c3)CC2C1. The van der Waals surface area contributed by atoms with Gasteiger partial charge in [-0.3, -0.25) is 14.5 Å². The molecule has 138 valence electrons. The summed E-state index contributed by atoms with van der Waals surface area (Å²) in [7, 11) is 0. The zero-order chi connectivity index (χ0) is 18.7. The molecule has 7 nitrogen and oxygen atoms in total. The molecule has 7 heteroatoms. The van der Waals surface area contributed by atoms with Crippen molar-refractivity contribution in [3.8, 4) is 6.07 Å². The highest BCUT2D eigenvalue weighted by Crippen LogP contribution is 2.20. The van der Waals surface area contributed by atoms with E-state index in [1.807, 2.05) is 11.8 Å². The molecule has 2 aliphatic rings. The van der Waals surface area contributed by atoms with Gasteiger partial charge in [0.15, 0.2) is 0 Å². The second-order valence-corrected chi connectivity index (χ2v) is 6.98. The lowest BCUT2D eigenvalue weighted by molar-refractivity contribution is -0.142. The Balaban J connectivity index is 1.74. The molecule has 1 N–H and O–H groups in total. The van der Waals surface area contributed by atoms with Crippen molar-refractivity contribution in [3.63, 3.8) is 0 Å². The Hall–Kier alpha value is -2.43. The average Bonchev–Trinajstić information content (AvgIpc) is 2.86. The fourth-order valence-corrected chi connectivity index (χ4v) is 3.83. The van der Waals surface area contributed by atoms with Crippen LogP contribution < -0.4 is 0 Å². The molecule has 26 heavy (non-hydrogen) atoms. The van der Waals surface area contributed by atoms with Gasteiger partial charge in [-0.25, -0.2) is 0 Å². The number of aliphatic carboxylic acids is 1. The number of nitrogens with zero attached hydrogens (tertiary/aromatic N) is 4. The lowest BCUT2D eigenvalue weighted by Gasteiger charge is -2.41. The van der Waals surface area contributed by atoms with Crippen LogP contribution in [0.2, 0.25) is 0 Å². The number of benzene rings is 1. The molecular weight excluding hydrogens is 332 g/mol. The molecule has 3 rings (SSSR count). The van der Waals surface area contributed by atoms with Crippen LogP contribution in [0, 0.1) is 17.2 Å². The number of carbonyl (C=O) groups excluding carboxylic acids is 1. The van der Waals surface area contributed by atoms with Gasteiger partial charge in [0.2, 0.25) is 0 Å². The number of carboxylic acid groups (broad SMARTS) is 1. The molecule has 1 aromatic rings. The molecule has 0 spiro atoms. The van der Waals surface area contributed by atoms with E-state index < -0.39 is 11.9 Å². The van der Waals surface area contributed by atoms with Gasteiger partial charge in [0.05, 0.1) is 17.6 Å². The van der Waals surface area contributed by atoms with E-state index in [0.29, 0.717) is 43.9 Å². The lowest BCUT2D eigenvalue weighted by Crippen LogP contribution is -2.57. The minimum atomic E-state index is -0.754. The van der Waals surface area contributed by atoms with Crippen LogP contribution in [0.5, 0.6) is 0 Å². The number of hydrogen-bond acceptors (Lipinski definition) is 5. The van der Waals surface area contributed by atoms with Gasteiger partial charge in [-0.2, -0.15) is 5.26 Å². The standard InChI is InChI=1S/C19H24N4O3/c1-2-21-10-16(19(25)26)11-22-6-7-23(13-17(22)12-21)18(24)15-5-3-4-14(8-15)9-20/h3-5,8,16-17H,2,6-7,10-13H2,1H3,(H,25,26). The summed E-state index contributed by atoms with van der Waals surface area (Å²) < 4.78 is 0. The van der Waals surface area contributed by atoms with Crippen LogP contribution in [0.1, 0.15) is 22.8 Å². The zero-order valence-corrected chi connectivity index (χ0v) is 15.0. The van der Waals surface area contributed by atoms with E-state index >= 15 is 0 Å². The fraction of sp³-hybridized carbons (Fsp3) is 0.526. The molecule has 2 saturated heterocycles. The maximum Gasteiger partial charge on any atom is 0.309 e. The first-order valence-corrected chi connectivity index (χ1v) is 9.00. The Morgan fingerprint density at radius 3 is 2.73 bits per heavy atom. The highest BCUT2D eigenvalue weighted by Gasteiger charge is 2.37. The van der Waals surface area contributed by atoms with Gasteiger partial charge in [-0.1, -0.05) is 13.0 Å².